The van der Waals surface area contributed by atoms with Gasteiger partial charge in [-0.25, -0.2) is 4.79 Å². The van der Waals surface area contributed by atoms with Gasteiger partial charge in [0.1, 0.15) is 11.9 Å². The number of carbonyl (C=O) groups excluding carboxylic acids is 1. The number of benzene rings is 1. The van der Waals surface area contributed by atoms with Gasteiger partial charge in [-0.3, -0.25) is 0 Å². The predicted molar refractivity (Wildman–Crippen MR) is 68.9 cm³/mol. The molecule has 0 aliphatic heterocycles. The second-order valence-corrected chi connectivity index (χ2v) is 3.70. The van der Waals surface area contributed by atoms with E-state index in [0.29, 0.717) is 12.2 Å². The fourth-order valence-corrected chi connectivity index (χ4v) is 0.933. The number of aliphatic hydroxyl groups is 3. The van der Waals surface area contributed by atoms with Crippen LogP contribution in [0.3, 0.4) is 0 Å². The Labute approximate surface area is 111 Å². The molecule has 0 aliphatic carbocycles. The molecule has 0 spiro atoms. The number of hydrogen-bond donors (Lipinski definition) is 4. The zero-order chi connectivity index (χ0) is 14.7. The Kier molecular flexibility index (Phi) is 9.42. The molecule has 4 N–H and O–H groups in total. The highest BCUT2D eigenvalue weighted by Crippen LogP contribution is 2.10. The molecule has 0 fully saturated rings. The first-order valence-electron chi connectivity index (χ1n) is 5.91. The first-order chi connectivity index (χ1) is 9.04. The molecule has 0 amide bonds. The minimum absolute atomic E-state index is 0.145. The highest BCUT2D eigenvalue weighted by molar-refractivity contribution is 5.89. The Morgan fingerprint density at radius 3 is 2.11 bits per heavy atom. The quantitative estimate of drug-likeness (QED) is 0.574. The summed E-state index contributed by atoms with van der Waals surface area (Å²) in [4.78, 5) is 11.2. The highest BCUT2D eigenvalue weighted by Gasteiger charge is 2.05. The van der Waals surface area contributed by atoms with E-state index in [2.05, 4.69) is 0 Å². The van der Waals surface area contributed by atoms with Gasteiger partial charge in [-0.15, -0.1) is 0 Å². The molecule has 0 aromatic heterocycles. The van der Waals surface area contributed by atoms with Crippen molar-refractivity contribution in [2.75, 3.05) is 19.8 Å². The molecule has 6 heteroatoms. The van der Waals surface area contributed by atoms with Gasteiger partial charge in [-0.1, -0.05) is 6.92 Å². The summed E-state index contributed by atoms with van der Waals surface area (Å²) in [6.45, 7) is 1.64. The third kappa shape index (κ3) is 8.15. The van der Waals surface area contributed by atoms with E-state index in [1.165, 1.54) is 24.3 Å². The Morgan fingerprint density at radius 1 is 1.21 bits per heavy atom. The van der Waals surface area contributed by atoms with Crippen LogP contribution in [0.5, 0.6) is 5.75 Å². The van der Waals surface area contributed by atoms with Crippen molar-refractivity contribution < 1.29 is 30.0 Å². The van der Waals surface area contributed by atoms with Crippen molar-refractivity contribution >= 4 is 5.97 Å². The monoisotopic (exact) mass is 272 g/mol. The van der Waals surface area contributed by atoms with E-state index in [-0.39, 0.29) is 24.9 Å². The number of ether oxygens (including phenoxy) is 1. The molecule has 0 unspecified atom stereocenters. The average molecular weight is 272 g/mol. The van der Waals surface area contributed by atoms with E-state index < -0.39 is 6.10 Å². The number of rotatable bonds is 5. The van der Waals surface area contributed by atoms with Gasteiger partial charge >= 0.3 is 5.97 Å². The van der Waals surface area contributed by atoms with Crippen LogP contribution >= 0.6 is 0 Å². The van der Waals surface area contributed by atoms with Crippen LogP contribution in [0.15, 0.2) is 24.3 Å². The van der Waals surface area contributed by atoms with Crippen LogP contribution in [0.1, 0.15) is 23.7 Å². The molecular formula is C13H20O6. The molecule has 6 nitrogen and oxygen atoms in total. The molecule has 1 aromatic rings. The largest absolute Gasteiger partial charge is 0.508 e. The third-order valence-electron chi connectivity index (χ3n) is 1.96. The van der Waals surface area contributed by atoms with Gasteiger partial charge in [0.25, 0.3) is 0 Å². The zero-order valence-electron chi connectivity index (χ0n) is 10.8. The molecule has 19 heavy (non-hydrogen) atoms. The molecule has 108 valence electrons. The second-order valence-electron chi connectivity index (χ2n) is 3.70. The number of phenols is 1. The van der Waals surface area contributed by atoms with Gasteiger partial charge in [-0.05, 0) is 30.7 Å². The summed E-state index contributed by atoms with van der Waals surface area (Å²) in [6, 6.07) is 5.99. The summed E-state index contributed by atoms with van der Waals surface area (Å²) < 4.78 is 4.90. The van der Waals surface area contributed by atoms with E-state index in [1.807, 2.05) is 6.92 Å². The molecule has 0 saturated carbocycles. The van der Waals surface area contributed by atoms with Crippen LogP contribution in [-0.2, 0) is 4.74 Å². The molecule has 0 aliphatic rings. The smallest absolute Gasteiger partial charge is 0.338 e. The van der Waals surface area contributed by atoms with Gasteiger partial charge in [-0.2, -0.15) is 0 Å². The van der Waals surface area contributed by atoms with Gasteiger partial charge in [0.05, 0.1) is 25.4 Å². The lowest BCUT2D eigenvalue weighted by Crippen LogP contribution is -2.15. The van der Waals surface area contributed by atoms with E-state index >= 15 is 0 Å². The average Bonchev–Trinajstić information content (AvgIpc) is 2.45. The predicted octanol–water partition coefficient (Wildman–Crippen LogP) is 0.291. The molecular weight excluding hydrogens is 252 g/mol. The van der Waals surface area contributed by atoms with Gasteiger partial charge in [0.2, 0.25) is 0 Å². The highest BCUT2D eigenvalue weighted by atomic mass is 16.5. The minimum atomic E-state index is -0.954. The molecule has 1 rings (SSSR count). The van der Waals surface area contributed by atoms with E-state index in [1.54, 1.807) is 0 Å². The van der Waals surface area contributed by atoms with Gasteiger partial charge < -0.3 is 25.2 Å². The standard InChI is InChI=1S/C10H12O3.C3H8O3/c1-2-7-13-10(12)8-3-5-9(11)6-4-8;4-1-3(6)2-5/h3-6,11H,2,7H2,1H3;3-6H,1-2H2. The Hall–Kier alpha value is -1.63. The van der Waals surface area contributed by atoms with Crippen molar-refractivity contribution in [3.8, 4) is 5.75 Å². The number of phenolic OH excluding ortho intramolecular Hbond substituents is 1. The zero-order valence-corrected chi connectivity index (χ0v) is 10.8. The second kappa shape index (κ2) is 10.3. The summed E-state index contributed by atoms with van der Waals surface area (Å²) in [5.41, 5.74) is 0.464. The van der Waals surface area contributed by atoms with Crippen LogP contribution in [-0.4, -0.2) is 52.3 Å². The fourth-order valence-electron chi connectivity index (χ4n) is 0.933. The van der Waals surface area contributed by atoms with Crippen LogP contribution < -0.4 is 0 Å². The Balaban J connectivity index is 0.000000459. The van der Waals surface area contributed by atoms with E-state index in [9.17, 15) is 4.79 Å². The van der Waals surface area contributed by atoms with Crippen molar-refractivity contribution in [2.45, 2.75) is 19.4 Å². The lowest BCUT2D eigenvalue weighted by Gasteiger charge is -2.02. The topological polar surface area (TPSA) is 107 Å². The fraction of sp³-hybridized carbons (Fsp3) is 0.462. The Morgan fingerprint density at radius 2 is 1.74 bits per heavy atom. The first kappa shape index (κ1) is 17.4. The third-order valence-corrected chi connectivity index (χ3v) is 1.96. The SMILES string of the molecule is CCCOC(=O)c1ccc(O)cc1.OCC(O)CO. The van der Waals surface area contributed by atoms with Crippen molar-refractivity contribution in [3.63, 3.8) is 0 Å². The number of aromatic hydroxyl groups is 1. The molecule has 0 saturated heterocycles. The van der Waals surface area contributed by atoms with Crippen LogP contribution in [0.2, 0.25) is 0 Å². The van der Waals surface area contributed by atoms with E-state index in [4.69, 9.17) is 25.2 Å². The summed E-state index contributed by atoms with van der Waals surface area (Å²) in [5.74, 6) is -0.200. The molecule has 0 radical (unpaired) electrons. The van der Waals surface area contributed by atoms with Crippen LogP contribution in [0, 0.1) is 0 Å². The number of carbonyl (C=O) groups is 1. The van der Waals surface area contributed by atoms with Crippen molar-refractivity contribution in [2.24, 2.45) is 0 Å². The maximum Gasteiger partial charge on any atom is 0.338 e. The maximum absolute atomic E-state index is 11.2. The minimum Gasteiger partial charge on any atom is -0.508 e. The summed E-state index contributed by atoms with van der Waals surface area (Å²) in [5, 5.41) is 33.0. The van der Waals surface area contributed by atoms with Gasteiger partial charge in [0.15, 0.2) is 0 Å². The summed E-state index contributed by atoms with van der Waals surface area (Å²) in [7, 11) is 0. The molecule has 0 heterocycles. The van der Waals surface area contributed by atoms with Crippen LogP contribution in [0.4, 0.5) is 0 Å². The molecule has 0 bridgehead atoms. The molecule has 1 aromatic carbocycles. The summed E-state index contributed by atoms with van der Waals surface area (Å²) in [6.07, 6.45) is -0.144. The van der Waals surface area contributed by atoms with Crippen LogP contribution in [0.25, 0.3) is 0 Å². The number of aliphatic hydroxyl groups excluding tert-OH is 3. The van der Waals surface area contributed by atoms with Crippen molar-refractivity contribution in [1.82, 2.24) is 0 Å². The van der Waals surface area contributed by atoms with Crippen molar-refractivity contribution in [3.05, 3.63) is 29.8 Å². The van der Waals surface area contributed by atoms with E-state index in [0.717, 1.165) is 6.42 Å². The maximum atomic E-state index is 11.2. The summed E-state index contributed by atoms with van der Waals surface area (Å²) >= 11 is 0. The number of hydrogen-bond acceptors (Lipinski definition) is 6. The number of esters is 1. The first-order valence-corrected chi connectivity index (χ1v) is 5.91. The van der Waals surface area contributed by atoms with Gasteiger partial charge in [0, 0.05) is 0 Å². The Bertz CT molecular complexity index is 345. The lowest BCUT2D eigenvalue weighted by atomic mass is 10.2. The lowest BCUT2D eigenvalue weighted by molar-refractivity contribution is 0.0450. The normalized spacial score (nSPS) is 9.74. The van der Waals surface area contributed by atoms with Crippen molar-refractivity contribution in [1.29, 1.82) is 0 Å². The molecule has 0 atom stereocenters.